The Hall–Kier alpha value is -4.65. The van der Waals surface area contributed by atoms with Gasteiger partial charge >= 0.3 is 18.0 Å². The van der Waals surface area contributed by atoms with Crippen LogP contribution >= 0.6 is 0 Å². The fourth-order valence-electron chi connectivity index (χ4n) is 4.80. The van der Waals surface area contributed by atoms with Gasteiger partial charge in [-0.25, -0.2) is 14.6 Å². The summed E-state index contributed by atoms with van der Waals surface area (Å²) in [5, 5.41) is 37.8. The summed E-state index contributed by atoms with van der Waals surface area (Å²) in [7, 11) is 0. The van der Waals surface area contributed by atoms with Crippen LogP contribution in [0.2, 0.25) is 0 Å². The third kappa shape index (κ3) is 7.09. The first kappa shape index (κ1) is 34.2. The zero-order chi connectivity index (χ0) is 33.9. The maximum Gasteiger partial charge on any atom is 0.414 e. The molecule has 0 radical (unpaired) electrons. The molecule has 1 aliphatic heterocycles. The lowest BCUT2D eigenvalue weighted by atomic mass is 9.96. The molecule has 2 amide bonds. The Morgan fingerprint density at radius 2 is 1.91 bits per heavy atom. The molecule has 4 rings (SSSR count). The summed E-state index contributed by atoms with van der Waals surface area (Å²) >= 11 is 0. The van der Waals surface area contributed by atoms with Gasteiger partial charge in [-0.05, 0) is 18.9 Å². The molecule has 2 aromatic heterocycles. The predicted molar refractivity (Wildman–Crippen MR) is 159 cm³/mol. The highest BCUT2D eigenvalue weighted by Crippen LogP contribution is 2.41. The second-order valence-corrected chi connectivity index (χ2v) is 11.6. The van der Waals surface area contributed by atoms with Crippen molar-refractivity contribution in [3.05, 3.63) is 28.8 Å². The monoisotopic (exact) mass is 647 g/mol. The smallest absolute Gasteiger partial charge is 0.414 e. The second-order valence-electron chi connectivity index (χ2n) is 11.6. The van der Waals surface area contributed by atoms with Gasteiger partial charge in [-0.3, -0.25) is 24.5 Å². The highest BCUT2D eigenvalue weighted by molar-refractivity contribution is 6.16. The van der Waals surface area contributed by atoms with Crippen LogP contribution in [0.3, 0.4) is 0 Å². The molecule has 3 heterocycles. The summed E-state index contributed by atoms with van der Waals surface area (Å²) in [5.74, 6) is -2.66. The van der Waals surface area contributed by atoms with Gasteiger partial charge in [-0.15, -0.1) is 0 Å². The highest BCUT2D eigenvalue weighted by atomic mass is 16.7. The van der Waals surface area contributed by atoms with Crippen molar-refractivity contribution >= 4 is 51.3 Å². The molecule has 1 saturated heterocycles. The van der Waals surface area contributed by atoms with Crippen molar-refractivity contribution < 1.29 is 48.3 Å². The van der Waals surface area contributed by atoms with E-state index in [-0.39, 0.29) is 27.9 Å². The third-order valence-electron chi connectivity index (χ3n) is 7.38. The van der Waals surface area contributed by atoms with Crippen molar-refractivity contribution in [1.29, 1.82) is 0 Å². The average molecular weight is 648 g/mol. The van der Waals surface area contributed by atoms with E-state index in [9.17, 15) is 34.2 Å². The second kappa shape index (κ2) is 13.8. The molecular weight excluding hydrogens is 610 g/mol. The zero-order valence-corrected chi connectivity index (χ0v) is 25.8. The first-order valence-electron chi connectivity index (χ1n) is 14.4. The Morgan fingerprint density at radius 3 is 2.57 bits per heavy atom. The van der Waals surface area contributed by atoms with Gasteiger partial charge in [-0.1, -0.05) is 27.7 Å². The molecule has 46 heavy (non-hydrogen) atoms. The molecule has 1 aliphatic rings. The van der Waals surface area contributed by atoms with E-state index in [1.165, 1.54) is 30.1 Å². The highest BCUT2D eigenvalue weighted by Gasteiger charge is 2.56. The number of amides is 2. The Morgan fingerprint density at radius 1 is 1.20 bits per heavy atom. The SMILES string of the molecule is CC(C)C(=O)OCOC(=O)Nc1cc2c(=O)[nH]ncc3nn(C4OC(CO)C(OC(=O)CNC(=O)C(N)C(C)C)C4(C)O)cc1c32. The van der Waals surface area contributed by atoms with Crippen LogP contribution in [0, 0.1) is 11.8 Å². The molecule has 1 aromatic carbocycles. The van der Waals surface area contributed by atoms with Gasteiger partial charge in [0.25, 0.3) is 5.56 Å². The number of carbonyl (C=O) groups excluding carboxylic acids is 4. The Labute approximate surface area is 261 Å². The fraction of sp³-hybridized carbons (Fsp3) is 0.536. The van der Waals surface area contributed by atoms with Crippen molar-refractivity contribution in [3.8, 4) is 0 Å². The summed E-state index contributed by atoms with van der Waals surface area (Å²) in [6, 6.07) is 0.511. The van der Waals surface area contributed by atoms with E-state index in [2.05, 4.69) is 25.9 Å². The Kier molecular flexibility index (Phi) is 10.2. The maximum absolute atomic E-state index is 12.7. The molecule has 0 aliphatic carbocycles. The predicted octanol–water partition coefficient (Wildman–Crippen LogP) is -0.370. The number of esters is 2. The van der Waals surface area contributed by atoms with Crippen LogP contribution in [0.4, 0.5) is 10.5 Å². The van der Waals surface area contributed by atoms with E-state index in [0.29, 0.717) is 5.39 Å². The van der Waals surface area contributed by atoms with Crippen molar-refractivity contribution in [2.24, 2.45) is 17.6 Å². The van der Waals surface area contributed by atoms with E-state index >= 15 is 0 Å². The van der Waals surface area contributed by atoms with Gasteiger partial charge in [0.05, 0.1) is 35.8 Å². The molecule has 1 fully saturated rings. The molecule has 5 unspecified atom stereocenters. The molecule has 250 valence electrons. The topological polar surface area (TPSA) is 259 Å². The molecule has 18 nitrogen and oxygen atoms in total. The quantitative estimate of drug-likeness (QED) is 0.115. The first-order valence-corrected chi connectivity index (χ1v) is 14.4. The zero-order valence-electron chi connectivity index (χ0n) is 25.8. The number of aromatic nitrogens is 4. The molecule has 7 N–H and O–H groups in total. The minimum absolute atomic E-state index is 0.0997. The number of nitrogens with one attached hydrogen (secondary N) is 3. The lowest BCUT2D eigenvalue weighted by Gasteiger charge is -2.30. The van der Waals surface area contributed by atoms with E-state index < -0.39 is 85.4 Å². The number of nitrogens with two attached hydrogens (primary N) is 1. The van der Waals surface area contributed by atoms with Crippen molar-refractivity contribution in [1.82, 2.24) is 25.3 Å². The summed E-state index contributed by atoms with van der Waals surface area (Å²) in [6.07, 6.45) is -2.38. The number of aromatic amines is 1. The van der Waals surface area contributed by atoms with Crippen LogP contribution in [-0.2, 0) is 33.3 Å². The lowest BCUT2D eigenvalue weighted by Crippen LogP contribution is -2.50. The van der Waals surface area contributed by atoms with Gasteiger partial charge in [0.15, 0.2) is 12.3 Å². The number of H-pyrrole nitrogens is 1. The molecular formula is C28H37N7O11. The summed E-state index contributed by atoms with van der Waals surface area (Å²) in [4.78, 5) is 61.7. The lowest BCUT2D eigenvalue weighted by molar-refractivity contribution is -0.163. The summed E-state index contributed by atoms with van der Waals surface area (Å²) < 4.78 is 22.3. The van der Waals surface area contributed by atoms with E-state index in [0.717, 1.165) is 0 Å². The molecule has 0 bridgehead atoms. The Balaban J connectivity index is 1.62. The van der Waals surface area contributed by atoms with Gasteiger partial charge < -0.3 is 40.2 Å². The van der Waals surface area contributed by atoms with Crippen LogP contribution in [0.25, 0.3) is 21.7 Å². The van der Waals surface area contributed by atoms with E-state index in [1.807, 2.05) is 0 Å². The number of aliphatic hydroxyl groups is 2. The molecule has 3 aromatic rings. The standard InChI is InChI=1S/C28H37N7O11/c1-12(2)21(29)24(39)30-8-19(37)46-22-18(10-36)45-26(28(22,5)42)35-9-15-16(32-27(41)44-11-43-25(40)13(3)4)6-14-20(15)17(34-35)7-31-33-23(14)38/h6-7,9,12-13,18,21-22,26,36,42H,8,10-11,29H2,1-5H3,(H,30,39)(H,32,41)(H,33,38). The normalized spacial score (nSPS) is 21.8. The van der Waals surface area contributed by atoms with Crippen LogP contribution in [-0.4, -0.2) is 97.9 Å². The van der Waals surface area contributed by atoms with E-state index in [4.69, 9.17) is 24.7 Å². The summed E-state index contributed by atoms with van der Waals surface area (Å²) in [5.41, 5.74) is 3.44. The molecule has 5 atom stereocenters. The number of hydrogen-bond donors (Lipinski definition) is 6. The van der Waals surface area contributed by atoms with Gasteiger partial charge in [-0.2, -0.15) is 10.2 Å². The number of hydrogen-bond acceptors (Lipinski definition) is 14. The first-order chi connectivity index (χ1) is 21.6. The molecule has 0 spiro atoms. The minimum atomic E-state index is -2.00. The maximum atomic E-state index is 12.7. The Bertz CT molecular complexity index is 1680. The third-order valence-corrected chi connectivity index (χ3v) is 7.38. The number of ether oxygens (including phenoxy) is 4. The van der Waals surface area contributed by atoms with Crippen LogP contribution in [0.15, 0.2) is 23.3 Å². The van der Waals surface area contributed by atoms with E-state index in [1.54, 1.807) is 27.7 Å². The fourth-order valence-corrected chi connectivity index (χ4v) is 4.80. The number of anilines is 1. The largest absolute Gasteiger partial charge is 0.455 e. The van der Waals surface area contributed by atoms with Crippen LogP contribution < -0.4 is 21.9 Å². The van der Waals surface area contributed by atoms with Crippen molar-refractivity contribution in [2.75, 3.05) is 25.3 Å². The molecule has 18 heteroatoms. The van der Waals surface area contributed by atoms with Crippen LogP contribution in [0.5, 0.6) is 0 Å². The van der Waals surface area contributed by atoms with Gasteiger partial charge in [0.1, 0.15) is 23.8 Å². The minimum Gasteiger partial charge on any atom is -0.455 e. The van der Waals surface area contributed by atoms with Gasteiger partial charge in [0, 0.05) is 17.0 Å². The summed E-state index contributed by atoms with van der Waals surface area (Å²) in [6.45, 7) is 6.17. The number of nitrogens with zero attached hydrogens (tertiary/aromatic N) is 3. The average Bonchev–Trinajstić information content (AvgIpc) is 3.42. The number of rotatable bonds is 11. The molecule has 0 saturated carbocycles. The van der Waals surface area contributed by atoms with Crippen molar-refractivity contribution in [2.45, 2.75) is 64.7 Å². The van der Waals surface area contributed by atoms with Crippen molar-refractivity contribution in [3.63, 3.8) is 0 Å². The van der Waals surface area contributed by atoms with Crippen LogP contribution in [0.1, 0.15) is 40.8 Å². The van der Waals surface area contributed by atoms with Gasteiger partial charge in [0.2, 0.25) is 12.7 Å². The number of carbonyl (C=O) groups is 4. The number of aliphatic hydroxyl groups excluding tert-OH is 1.